The fraction of sp³-hybridized carbons (Fsp3) is 0. The molecule has 3 heteroatoms. The van der Waals surface area contributed by atoms with Gasteiger partial charge in [0.2, 0.25) is 0 Å². The molecule has 1 nitrogen and oxygen atoms in total. The van der Waals surface area contributed by atoms with E-state index in [2.05, 4.69) is 23.6 Å². The standard InChI is InChI=1S/C13H7NS2/c14-8-9-3-1-2-4-10(9)12-7-13-11(16-12)5-6-15-13/h1-7H. The highest BCUT2D eigenvalue weighted by Crippen LogP contribution is 2.37. The molecule has 0 unspecified atom stereocenters. The smallest absolute Gasteiger partial charge is 0.0998 e. The van der Waals surface area contributed by atoms with Crippen LogP contribution in [0.15, 0.2) is 41.8 Å². The van der Waals surface area contributed by atoms with E-state index in [-0.39, 0.29) is 0 Å². The lowest BCUT2D eigenvalue weighted by molar-refractivity contribution is 1.49. The van der Waals surface area contributed by atoms with Crippen molar-refractivity contribution in [3.05, 3.63) is 47.3 Å². The number of fused-ring (bicyclic) bond motifs is 1. The maximum absolute atomic E-state index is 9.06. The monoisotopic (exact) mass is 241 g/mol. The van der Waals surface area contributed by atoms with E-state index in [9.17, 15) is 0 Å². The molecule has 0 spiro atoms. The van der Waals surface area contributed by atoms with E-state index < -0.39 is 0 Å². The molecule has 0 saturated carbocycles. The molecule has 0 aliphatic carbocycles. The molecule has 16 heavy (non-hydrogen) atoms. The third kappa shape index (κ3) is 1.44. The van der Waals surface area contributed by atoms with Crippen LogP contribution >= 0.6 is 22.7 Å². The van der Waals surface area contributed by atoms with Crippen LogP contribution in [-0.2, 0) is 0 Å². The van der Waals surface area contributed by atoms with Crippen molar-refractivity contribution in [2.75, 3.05) is 0 Å². The molecule has 76 valence electrons. The van der Waals surface area contributed by atoms with Gasteiger partial charge in [0, 0.05) is 19.8 Å². The number of nitrogens with zero attached hydrogens (tertiary/aromatic N) is 1. The second kappa shape index (κ2) is 3.75. The van der Waals surface area contributed by atoms with E-state index in [1.165, 1.54) is 14.3 Å². The lowest BCUT2D eigenvalue weighted by Crippen LogP contribution is -1.79. The first-order valence-corrected chi connectivity index (χ1v) is 6.54. The predicted octanol–water partition coefficient (Wildman–Crippen LogP) is 4.50. The average Bonchev–Trinajstić information content (AvgIpc) is 2.89. The van der Waals surface area contributed by atoms with E-state index in [0.29, 0.717) is 0 Å². The van der Waals surface area contributed by atoms with Crippen molar-refractivity contribution in [3.8, 4) is 16.5 Å². The molecule has 2 heterocycles. The number of thiophene rings is 2. The van der Waals surface area contributed by atoms with Gasteiger partial charge in [0.1, 0.15) is 0 Å². The summed E-state index contributed by atoms with van der Waals surface area (Å²) in [5.41, 5.74) is 1.79. The van der Waals surface area contributed by atoms with Crippen LogP contribution in [0.4, 0.5) is 0 Å². The number of benzene rings is 1. The Morgan fingerprint density at radius 3 is 2.75 bits per heavy atom. The van der Waals surface area contributed by atoms with E-state index in [0.717, 1.165) is 11.1 Å². The summed E-state index contributed by atoms with van der Waals surface area (Å²) in [6.07, 6.45) is 0. The molecule has 3 rings (SSSR count). The summed E-state index contributed by atoms with van der Waals surface area (Å²) >= 11 is 3.49. The van der Waals surface area contributed by atoms with Crippen LogP contribution in [0.25, 0.3) is 19.8 Å². The molecule has 3 aromatic rings. The van der Waals surface area contributed by atoms with Crippen LogP contribution in [0.5, 0.6) is 0 Å². The second-order valence-corrected chi connectivity index (χ2v) is 5.45. The fourth-order valence-electron chi connectivity index (χ4n) is 1.69. The normalized spacial score (nSPS) is 10.4. The minimum Gasteiger partial charge on any atom is -0.192 e. The molecular formula is C13H7NS2. The van der Waals surface area contributed by atoms with E-state index in [1.807, 2.05) is 24.3 Å². The Morgan fingerprint density at radius 2 is 1.94 bits per heavy atom. The summed E-state index contributed by atoms with van der Waals surface area (Å²) in [5, 5.41) is 11.2. The van der Waals surface area contributed by atoms with Crippen molar-refractivity contribution in [1.82, 2.24) is 0 Å². The van der Waals surface area contributed by atoms with E-state index >= 15 is 0 Å². The van der Waals surface area contributed by atoms with Crippen molar-refractivity contribution in [2.45, 2.75) is 0 Å². The van der Waals surface area contributed by atoms with E-state index in [4.69, 9.17) is 5.26 Å². The SMILES string of the molecule is N#Cc1ccccc1-c1cc2sccc2s1. The Balaban J connectivity index is 2.23. The minimum atomic E-state index is 0.747. The molecule has 0 bridgehead atoms. The molecule has 2 aromatic heterocycles. The Labute approximate surface area is 101 Å². The minimum absolute atomic E-state index is 0.747. The van der Waals surface area contributed by atoms with Gasteiger partial charge in [-0.05, 0) is 23.6 Å². The molecule has 0 atom stereocenters. The number of rotatable bonds is 1. The van der Waals surface area contributed by atoms with Gasteiger partial charge < -0.3 is 0 Å². The van der Waals surface area contributed by atoms with Gasteiger partial charge in [0.25, 0.3) is 0 Å². The van der Waals surface area contributed by atoms with Gasteiger partial charge >= 0.3 is 0 Å². The molecule has 1 aromatic carbocycles. The van der Waals surface area contributed by atoms with Crippen LogP contribution in [0.1, 0.15) is 5.56 Å². The first-order valence-electron chi connectivity index (χ1n) is 4.85. The van der Waals surface area contributed by atoms with Crippen LogP contribution in [0.2, 0.25) is 0 Å². The summed E-state index contributed by atoms with van der Waals surface area (Å²) in [6.45, 7) is 0. The summed E-state index contributed by atoms with van der Waals surface area (Å²) in [7, 11) is 0. The van der Waals surface area contributed by atoms with Crippen LogP contribution < -0.4 is 0 Å². The zero-order chi connectivity index (χ0) is 11.0. The second-order valence-electron chi connectivity index (χ2n) is 3.42. The molecule has 0 amide bonds. The molecule has 0 saturated heterocycles. The lowest BCUT2D eigenvalue weighted by Gasteiger charge is -1.98. The number of hydrogen-bond acceptors (Lipinski definition) is 3. The molecular weight excluding hydrogens is 234 g/mol. The van der Waals surface area contributed by atoms with Gasteiger partial charge in [-0.3, -0.25) is 0 Å². The maximum Gasteiger partial charge on any atom is 0.0998 e. The Morgan fingerprint density at radius 1 is 1.06 bits per heavy atom. The highest BCUT2D eigenvalue weighted by atomic mass is 32.1. The summed E-state index contributed by atoms with van der Waals surface area (Å²) in [4.78, 5) is 1.18. The molecule has 0 fully saturated rings. The first kappa shape index (κ1) is 9.59. The molecule has 0 N–H and O–H groups in total. The van der Waals surface area contributed by atoms with Crippen molar-refractivity contribution >= 4 is 32.1 Å². The number of nitriles is 1. The summed E-state index contributed by atoms with van der Waals surface area (Å²) in [6, 6.07) is 14.3. The Bertz CT molecular complexity index is 657. The van der Waals surface area contributed by atoms with Gasteiger partial charge in [0.15, 0.2) is 0 Å². The average molecular weight is 241 g/mol. The van der Waals surface area contributed by atoms with Crippen molar-refractivity contribution in [2.24, 2.45) is 0 Å². The Hall–Kier alpha value is -1.63. The van der Waals surface area contributed by atoms with Gasteiger partial charge in [-0.15, -0.1) is 22.7 Å². The van der Waals surface area contributed by atoms with Crippen molar-refractivity contribution in [1.29, 1.82) is 5.26 Å². The van der Waals surface area contributed by atoms with Crippen LogP contribution in [0, 0.1) is 11.3 Å². The van der Waals surface area contributed by atoms with Crippen LogP contribution in [0.3, 0.4) is 0 Å². The quantitative estimate of drug-likeness (QED) is 0.615. The van der Waals surface area contributed by atoms with Gasteiger partial charge in [-0.1, -0.05) is 18.2 Å². The Kier molecular flexibility index (Phi) is 2.24. The van der Waals surface area contributed by atoms with Crippen molar-refractivity contribution < 1.29 is 0 Å². The molecule has 0 aliphatic rings. The van der Waals surface area contributed by atoms with Gasteiger partial charge in [-0.2, -0.15) is 5.26 Å². The lowest BCUT2D eigenvalue weighted by atomic mass is 10.1. The maximum atomic E-state index is 9.06. The van der Waals surface area contributed by atoms with Gasteiger partial charge in [0.05, 0.1) is 11.6 Å². The highest BCUT2D eigenvalue weighted by molar-refractivity contribution is 7.28. The van der Waals surface area contributed by atoms with Gasteiger partial charge in [-0.25, -0.2) is 0 Å². The highest BCUT2D eigenvalue weighted by Gasteiger charge is 2.08. The third-order valence-electron chi connectivity index (χ3n) is 2.45. The first-order chi connectivity index (χ1) is 7.88. The third-order valence-corrected chi connectivity index (χ3v) is 4.58. The topological polar surface area (TPSA) is 23.8 Å². The largest absolute Gasteiger partial charge is 0.192 e. The molecule has 0 radical (unpaired) electrons. The summed E-state index contributed by atoms with van der Waals surface area (Å²) < 4.78 is 2.60. The van der Waals surface area contributed by atoms with E-state index in [1.54, 1.807) is 22.7 Å². The zero-order valence-corrected chi connectivity index (χ0v) is 9.94. The molecule has 0 aliphatic heterocycles. The van der Waals surface area contributed by atoms with Crippen molar-refractivity contribution in [3.63, 3.8) is 0 Å². The zero-order valence-electron chi connectivity index (χ0n) is 8.31. The fourth-order valence-corrected chi connectivity index (χ4v) is 3.84. The number of hydrogen-bond donors (Lipinski definition) is 0. The predicted molar refractivity (Wildman–Crippen MR) is 69.9 cm³/mol. The van der Waals surface area contributed by atoms with Crippen LogP contribution in [-0.4, -0.2) is 0 Å². The summed E-state index contributed by atoms with van der Waals surface area (Å²) in [5.74, 6) is 0.